The molecule has 0 radical (unpaired) electrons. The van der Waals surface area contributed by atoms with Gasteiger partial charge in [0, 0.05) is 24.1 Å². The Labute approximate surface area is 137 Å². The minimum Gasteiger partial charge on any atom is -0.351 e. The molecule has 124 valence electrons. The van der Waals surface area contributed by atoms with Gasteiger partial charge in [0.25, 0.3) is 0 Å². The highest BCUT2D eigenvalue weighted by molar-refractivity contribution is 5.73. The van der Waals surface area contributed by atoms with Crippen LogP contribution in [0.5, 0.6) is 0 Å². The van der Waals surface area contributed by atoms with Gasteiger partial charge in [-0.15, -0.1) is 0 Å². The van der Waals surface area contributed by atoms with Crippen LogP contribution in [0.3, 0.4) is 0 Å². The van der Waals surface area contributed by atoms with E-state index in [4.69, 9.17) is 0 Å². The van der Waals surface area contributed by atoms with Gasteiger partial charge in [0.15, 0.2) is 5.82 Å². The summed E-state index contributed by atoms with van der Waals surface area (Å²) in [7, 11) is 0. The zero-order chi connectivity index (χ0) is 16.9. The normalized spacial score (nSPS) is 12.9. The van der Waals surface area contributed by atoms with Crippen molar-refractivity contribution in [3.63, 3.8) is 0 Å². The quantitative estimate of drug-likeness (QED) is 0.732. The van der Waals surface area contributed by atoms with E-state index in [1.165, 1.54) is 0 Å². The van der Waals surface area contributed by atoms with E-state index in [2.05, 4.69) is 32.7 Å². The maximum Gasteiger partial charge on any atom is 0.217 e. The van der Waals surface area contributed by atoms with E-state index in [0.717, 1.165) is 17.8 Å². The van der Waals surface area contributed by atoms with Crippen molar-refractivity contribution in [2.45, 2.75) is 52.2 Å². The highest BCUT2D eigenvalue weighted by Crippen LogP contribution is 2.14. The van der Waals surface area contributed by atoms with E-state index in [1.807, 2.05) is 44.2 Å². The second-order valence-corrected chi connectivity index (χ2v) is 6.52. The van der Waals surface area contributed by atoms with Crippen LogP contribution < -0.4 is 10.6 Å². The molecule has 6 nitrogen and oxygen atoms in total. The average Bonchev–Trinajstić information content (AvgIpc) is 2.93. The van der Waals surface area contributed by atoms with Crippen molar-refractivity contribution in [2.24, 2.45) is 0 Å². The molecule has 0 saturated carbocycles. The van der Waals surface area contributed by atoms with E-state index in [-0.39, 0.29) is 17.5 Å². The molecule has 0 aliphatic heterocycles. The summed E-state index contributed by atoms with van der Waals surface area (Å²) in [4.78, 5) is 15.7. The predicted octanol–water partition coefficient (Wildman–Crippen LogP) is 2.25. The topological polar surface area (TPSA) is 82.7 Å². The summed E-state index contributed by atoms with van der Waals surface area (Å²) in [5.41, 5.74) is 0.754. The number of nitrogens with zero attached hydrogens (tertiary/aromatic N) is 2. The first-order valence-corrected chi connectivity index (χ1v) is 7.84. The second kappa shape index (κ2) is 7.37. The third-order valence-electron chi connectivity index (χ3n) is 3.51. The molecule has 3 N–H and O–H groups in total. The number of amides is 1. The van der Waals surface area contributed by atoms with Crippen molar-refractivity contribution >= 4 is 5.91 Å². The van der Waals surface area contributed by atoms with Crippen LogP contribution in [-0.4, -0.2) is 32.7 Å². The summed E-state index contributed by atoms with van der Waals surface area (Å²) in [6, 6.07) is 10.1. The lowest BCUT2D eigenvalue weighted by atomic mass is 9.96. The summed E-state index contributed by atoms with van der Waals surface area (Å²) in [6.07, 6.45) is 0.826. The van der Waals surface area contributed by atoms with E-state index < -0.39 is 0 Å². The van der Waals surface area contributed by atoms with Crippen molar-refractivity contribution < 1.29 is 4.79 Å². The van der Waals surface area contributed by atoms with Crippen LogP contribution in [0.2, 0.25) is 0 Å². The lowest BCUT2D eigenvalue weighted by Crippen LogP contribution is -2.46. The zero-order valence-electron chi connectivity index (χ0n) is 14.2. The Morgan fingerprint density at radius 2 is 2.00 bits per heavy atom. The fourth-order valence-corrected chi connectivity index (χ4v) is 2.73. The van der Waals surface area contributed by atoms with Gasteiger partial charge in [0.2, 0.25) is 5.91 Å². The Morgan fingerprint density at radius 3 is 2.65 bits per heavy atom. The molecule has 0 fully saturated rings. The monoisotopic (exact) mass is 315 g/mol. The summed E-state index contributed by atoms with van der Waals surface area (Å²) in [5, 5.41) is 13.6. The minimum atomic E-state index is -0.241. The van der Waals surface area contributed by atoms with Crippen molar-refractivity contribution in [3.8, 4) is 11.4 Å². The number of carbonyl (C=O) groups excluding carboxylic acids is 1. The van der Waals surface area contributed by atoms with E-state index >= 15 is 0 Å². The molecule has 1 heterocycles. The number of carbonyl (C=O) groups is 1. The molecule has 2 rings (SSSR count). The number of hydrogen-bond acceptors (Lipinski definition) is 4. The Kier molecular flexibility index (Phi) is 5.50. The molecule has 2 aromatic rings. The number of nitrogens with one attached hydrogen (secondary N) is 3. The molecule has 0 saturated heterocycles. The molecule has 6 heteroatoms. The third kappa shape index (κ3) is 5.49. The van der Waals surface area contributed by atoms with Crippen molar-refractivity contribution in [1.82, 2.24) is 25.8 Å². The number of H-pyrrole nitrogens is 1. The summed E-state index contributed by atoms with van der Waals surface area (Å²) >= 11 is 0. The summed E-state index contributed by atoms with van der Waals surface area (Å²) in [5.74, 6) is 1.49. The fourth-order valence-electron chi connectivity index (χ4n) is 2.73. The number of aromatic nitrogens is 3. The molecule has 1 unspecified atom stereocenters. The van der Waals surface area contributed by atoms with E-state index in [9.17, 15) is 4.79 Å². The first-order valence-electron chi connectivity index (χ1n) is 7.84. The smallest absolute Gasteiger partial charge is 0.217 e. The molecule has 1 aromatic carbocycles. The number of benzene rings is 1. The first-order chi connectivity index (χ1) is 10.9. The van der Waals surface area contributed by atoms with Crippen LogP contribution in [0.25, 0.3) is 11.4 Å². The molecule has 0 spiro atoms. The van der Waals surface area contributed by atoms with Gasteiger partial charge in [-0.2, -0.15) is 5.10 Å². The van der Waals surface area contributed by atoms with Crippen LogP contribution in [0, 0.1) is 0 Å². The molecule has 0 aliphatic rings. The van der Waals surface area contributed by atoms with Gasteiger partial charge in [-0.3, -0.25) is 9.89 Å². The van der Waals surface area contributed by atoms with Crippen LogP contribution >= 0.6 is 0 Å². The molecule has 0 bridgehead atoms. The van der Waals surface area contributed by atoms with Gasteiger partial charge in [-0.05, 0) is 27.2 Å². The minimum absolute atomic E-state index is 0.00932. The van der Waals surface area contributed by atoms with Crippen LogP contribution in [0.4, 0.5) is 0 Å². The zero-order valence-corrected chi connectivity index (χ0v) is 14.2. The van der Waals surface area contributed by atoms with Crippen LogP contribution in [0.15, 0.2) is 30.3 Å². The van der Waals surface area contributed by atoms with Gasteiger partial charge in [0.1, 0.15) is 5.82 Å². The predicted molar refractivity (Wildman–Crippen MR) is 90.6 cm³/mol. The Bertz CT molecular complexity index is 635. The van der Waals surface area contributed by atoms with Gasteiger partial charge < -0.3 is 10.6 Å². The van der Waals surface area contributed by atoms with Crippen molar-refractivity contribution in [3.05, 3.63) is 36.2 Å². The first kappa shape index (κ1) is 17.1. The second-order valence-electron chi connectivity index (χ2n) is 6.52. The largest absolute Gasteiger partial charge is 0.351 e. The summed E-state index contributed by atoms with van der Waals surface area (Å²) < 4.78 is 0. The number of rotatable bonds is 7. The number of aromatic amines is 1. The highest BCUT2D eigenvalue weighted by atomic mass is 16.1. The molecule has 1 atom stereocenters. The van der Waals surface area contributed by atoms with E-state index in [1.54, 1.807) is 6.92 Å². The maximum absolute atomic E-state index is 11.2. The SMILES string of the molecule is CC(=O)NC(C)(C)CC(C)NCc1nc(-c2ccccc2)n[nH]1. The Morgan fingerprint density at radius 1 is 1.30 bits per heavy atom. The van der Waals surface area contributed by atoms with E-state index in [0.29, 0.717) is 12.4 Å². The van der Waals surface area contributed by atoms with Gasteiger partial charge in [-0.25, -0.2) is 4.98 Å². The molecule has 1 amide bonds. The summed E-state index contributed by atoms with van der Waals surface area (Å²) in [6.45, 7) is 8.29. The van der Waals surface area contributed by atoms with Gasteiger partial charge >= 0.3 is 0 Å². The molecular weight excluding hydrogens is 290 g/mol. The van der Waals surface area contributed by atoms with Crippen LogP contribution in [-0.2, 0) is 11.3 Å². The van der Waals surface area contributed by atoms with Gasteiger partial charge in [-0.1, -0.05) is 30.3 Å². The number of hydrogen-bond donors (Lipinski definition) is 3. The fraction of sp³-hybridized carbons (Fsp3) is 0.471. The maximum atomic E-state index is 11.2. The van der Waals surface area contributed by atoms with Gasteiger partial charge in [0.05, 0.1) is 6.54 Å². The molecule has 0 aliphatic carbocycles. The Balaban J connectivity index is 1.86. The lowest BCUT2D eigenvalue weighted by Gasteiger charge is -2.29. The molecule has 23 heavy (non-hydrogen) atoms. The van der Waals surface area contributed by atoms with Crippen molar-refractivity contribution in [2.75, 3.05) is 0 Å². The average molecular weight is 315 g/mol. The molecular formula is C17H25N5O. The van der Waals surface area contributed by atoms with Crippen LogP contribution in [0.1, 0.15) is 39.9 Å². The lowest BCUT2D eigenvalue weighted by molar-refractivity contribution is -0.120. The third-order valence-corrected chi connectivity index (χ3v) is 3.51. The highest BCUT2D eigenvalue weighted by Gasteiger charge is 2.21. The van der Waals surface area contributed by atoms with Crippen molar-refractivity contribution in [1.29, 1.82) is 0 Å². The Hall–Kier alpha value is -2.21. The molecule has 1 aromatic heterocycles. The standard InChI is InChI=1S/C17H25N5O/c1-12(10-17(3,4)20-13(2)23)18-11-15-19-16(22-21-15)14-8-6-5-7-9-14/h5-9,12,18H,10-11H2,1-4H3,(H,20,23)(H,19,21,22).